The number of carbonyl (C=O) groups excluding carboxylic acids is 1. The van der Waals surface area contributed by atoms with Gasteiger partial charge in [-0.25, -0.2) is 14.4 Å². The molecule has 1 aliphatic heterocycles. The number of aromatic nitrogens is 2. The Balaban J connectivity index is 1.84. The van der Waals surface area contributed by atoms with E-state index in [9.17, 15) is 23.3 Å². The van der Waals surface area contributed by atoms with Gasteiger partial charge < -0.3 is 23.5 Å². The Morgan fingerprint density at radius 2 is 1.95 bits per heavy atom. The van der Waals surface area contributed by atoms with E-state index in [1.54, 1.807) is 44.2 Å². The lowest BCUT2D eigenvalue weighted by atomic mass is 10.2. The van der Waals surface area contributed by atoms with Crippen LogP contribution < -0.4 is 20.9 Å². The minimum Gasteiger partial charge on any atom is -0.459 e. The summed E-state index contributed by atoms with van der Waals surface area (Å²) in [5.74, 6) is -1.50. The smallest absolute Gasteiger partial charge is 0.459 e. The molecule has 3 rings (SSSR count). The van der Waals surface area contributed by atoms with Crippen LogP contribution in [-0.2, 0) is 32.8 Å². The van der Waals surface area contributed by atoms with Crippen molar-refractivity contribution in [1.82, 2.24) is 14.6 Å². The highest BCUT2D eigenvalue weighted by molar-refractivity contribution is 7.52. The number of benzene rings is 1. The molecular formula is C23H31FN3O10P. The largest absolute Gasteiger partial charge is 0.459 e. The van der Waals surface area contributed by atoms with Crippen LogP contribution in [0.1, 0.15) is 32.9 Å². The highest BCUT2D eigenvalue weighted by atomic mass is 31.2. The first-order chi connectivity index (χ1) is 18.1. The predicted octanol–water partition coefficient (Wildman–Crippen LogP) is 2.09. The van der Waals surface area contributed by atoms with E-state index >= 15 is 0 Å². The van der Waals surface area contributed by atoms with E-state index in [4.69, 9.17) is 28.0 Å². The second kappa shape index (κ2) is 13.3. The summed E-state index contributed by atoms with van der Waals surface area (Å²) >= 11 is 0. The molecule has 2 heterocycles. The Morgan fingerprint density at radius 1 is 1.26 bits per heavy atom. The first kappa shape index (κ1) is 29.7. The SMILES string of the molecule is CCC(=O)OC1CC(n2cc(F)c(=O)[nH]c2=O)OC1COP(=O)(NC(C)C(OC)OC)Oc1ccccc1. The van der Waals surface area contributed by atoms with Gasteiger partial charge in [-0.3, -0.25) is 23.7 Å². The van der Waals surface area contributed by atoms with Gasteiger partial charge in [-0.15, -0.1) is 0 Å². The number of hydrogen-bond donors (Lipinski definition) is 2. The summed E-state index contributed by atoms with van der Waals surface area (Å²) in [4.78, 5) is 37.6. The Morgan fingerprint density at radius 3 is 2.58 bits per heavy atom. The maximum Gasteiger partial charge on any atom is 0.459 e. The van der Waals surface area contributed by atoms with E-state index in [2.05, 4.69) is 5.09 Å². The Labute approximate surface area is 217 Å². The van der Waals surface area contributed by atoms with Gasteiger partial charge in [0.15, 0.2) is 6.29 Å². The number of nitrogens with zero attached hydrogens (tertiary/aromatic N) is 1. The van der Waals surface area contributed by atoms with E-state index in [1.165, 1.54) is 14.2 Å². The molecule has 0 bridgehead atoms. The standard InChI is InChI=1S/C23H31FN3O10P/c1-5-20(28)36-17-11-19(27-12-16(24)21(29)25-23(27)30)35-18(17)13-34-38(31,26-14(2)22(32-3)33-4)37-15-9-7-6-8-10-15/h6-10,12,14,17-19,22H,5,11,13H2,1-4H3,(H,26,31)(H,25,29,30). The molecule has 5 atom stereocenters. The number of esters is 1. The third-order valence-electron chi connectivity index (χ3n) is 5.60. The molecule has 38 heavy (non-hydrogen) atoms. The number of rotatable bonds is 13. The first-order valence-corrected chi connectivity index (χ1v) is 13.3. The monoisotopic (exact) mass is 559 g/mol. The number of H-pyrrole nitrogens is 1. The Bertz CT molecular complexity index is 1240. The maximum atomic E-state index is 13.9. The third-order valence-corrected chi connectivity index (χ3v) is 7.26. The van der Waals surface area contributed by atoms with Crippen LogP contribution in [0.3, 0.4) is 0 Å². The zero-order valence-electron chi connectivity index (χ0n) is 21.3. The van der Waals surface area contributed by atoms with Crippen molar-refractivity contribution in [2.45, 2.75) is 57.5 Å². The molecule has 2 N–H and O–H groups in total. The summed E-state index contributed by atoms with van der Waals surface area (Å²) in [5.41, 5.74) is -2.09. The van der Waals surface area contributed by atoms with Crippen LogP contribution >= 0.6 is 7.75 Å². The molecule has 210 valence electrons. The lowest BCUT2D eigenvalue weighted by Crippen LogP contribution is -2.40. The summed E-state index contributed by atoms with van der Waals surface area (Å²) in [6.07, 6.45) is -3.16. The number of methoxy groups -OCH3 is 2. The minimum atomic E-state index is -4.12. The molecule has 1 aliphatic rings. The third kappa shape index (κ3) is 7.59. The van der Waals surface area contributed by atoms with Crippen LogP contribution in [0.15, 0.2) is 46.1 Å². The zero-order chi connectivity index (χ0) is 27.9. The van der Waals surface area contributed by atoms with Gasteiger partial charge in [0.2, 0.25) is 5.82 Å². The van der Waals surface area contributed by atoms with Crippen molar-refractivity contribution < 1.29 is 41.7 Å². The second-order valence-electron chi connectivity index (χ2n) is 8.35. The highest BCUT2D eigenvalue weighted by Crippen LogP contribution is 2.46. The molecule has 1 aromatic carbocycles. The van der Waals surface area contributed by atoms with E-state index in [0.717, 1.165) is 4.57 Å². The van der Waals surface area contributed by atoms with Crippen molar-refractivity contribution in [2.24, 2.45) is 0 Å². The van der Waals surface area contributed by atoms with Gasteiger partial charge in [0, 0.05) is 27.1 Å². The van der Waals surface area contributed by atoms with Gasteiger partial charge in [0.1, 0.15) is 24.2 Å². The number of aromatic amines is 1. The molecule has 5 unspecified atom stereocenters. The second-order valence-corrected chi connectivity index (χ2v) is 10.0. The van der Waals surface area contributed by atoms with E-state index < -0.39 is 68.2 Å². The molecule has 15 heteroatoms. The summed E-state index contributed by atoms with van der Waals surface area (Å²) in [7, 11) is -1.29. The zero-order valence-corrected chi connectivity index (χ0v) is 22.2. The van der Waals surface area contributed by atoms with Crippen LogP contribution in [0, 0.1) is 5.82 Å². The average Bonchev–Trinajstić information content (AvgIpc) is 3.28. The van der Waals surface area contributed by atoms with Gasteiger partial charge in [-0.05, 0) is 19.1 Å². The van der Waals surface area contributed by atoms with Crippen LogP contribution in [0.4, 0.5) is 4.39 Å². The number of halogens is 1. The normalized spacial score (nSPS) is 21.7. The summed E-state index contributed by atoms with van der Waals surface area (Å²) in [5, 5.41) is 2.75. The fourth-order valence-corrected chi connectivity index (χ4v) is 5.31. The van der Waals surface area contributed by atoms with Crippen molar-refractivity contribution in [3.05, 3.63) is 63.2 Å². The van der Waals surface area contributed by atoms with E-state index in [1.807, 2.05) is 4.98 Å². The van der Waals surface area contributed by atoms with E-state index in [0.29, 0.717) is 6.20 Å². The van der Waals surface area contributed by atoms with E-state index in [-0.39, 0.29) is 18.6 Å². The van der Waals surface area contributed by atoms with Crippen LogP contribution in [0.5, 0.6) is 5.75 Å². The molecule has 1 aromatic heterocycles. The molecule has 13 nitrogen and oxygen atoms in total. The number of carbonyl (C=O) groups is 1. The van der Waals surface area contributed by atoms with Crippen molar-refractivity contribution >= 4 is 13.7 Å². The molecule has 0 radical (unpaired) electrons. The quantitative estimate of drug-likeness (QED) is 0.210. The van der Waals surface area contributed by atoms with Gasteiger partial charge in [-0.2, -0.15) is 4.39 Å². The molecule has 0 amide bonds. The summed E-state index contributed by atoms with van der Waals surface area (Å²) in [6.45, 7) is 2.83. The Hall–Kier alpha value is -2.87. The number of para-hydroxylation sites is 1. The minimum absolute atomic E-state index is 0.0613. The summed E-state index contributed by atoms with van der Waals surface area (Å²) < 4.78 is 61.6. The average molecular weight is 559 g/mol. The maximum absolute atomic E-state index is 13.9. The van der Waals surface area contributed by atoms with Crippen molar-refractivity contribution in [3.8, 4) is 5.75 Å². The molecule has 2 aromatic rings. The highest BCUT2D eigenvalue weighted by Gasteiger charge is 2.42. The molecular weight excluding hydrogens is 528 g/mol. The topological polar surface area (TPSA) is 156 Å². The lowest BCUT2D eigenvalue weighted by molar-refractivity contribution is -0.152. The molecule has 0 aliphatic carbocycles. The van der Waals surface area contributed by atoms with Crippen LogP contribution in [-0.4, -0.2) is 60.9 Å². The van der Waals surface area contributed by atoms with Gasteiger partial charge in [0.05, 0.1) is 18.8 Å². The van der Waals surface area contributed by atoms with Crippen LogP contribution in [0.2, 0.25) is 0 Å². The molecule has 1 saturated heterocycles. The van der Waals surface area contributed by atoms with Crippen molar-refractivity contribution in [2.75, 3.05) is 20.8 Å². The van der Waals surface area contributed by atoms with Crippen molar-refractivity contribution in [3.63, 3.8) is 0 Å². The fourth-order valence-electron chi connectivity index (χ4n) is 3.77. The van der Waals surface area contributed by atoms with Gasteiger partial charge in [-0.1, -0.05) is 25.1 Å². The molecule has 1 fully saturated rings. The fraction of sp³-hybridized carbons (Fsp3) is 0.522. The lowest BCUT2D eigenvalue weighted by Gasteiger charge is -2.28. The molecule has 0 saturated carbocycles. The van der Waals surface area contributed by atoms with Crippen molar-refractivity contribution in [1.29, 1.82) is 0 Å². The predicted molar refractivity (Wildman–Crippen MR) is 131 cm³/mol. The van der Waals surface area contributed by atoms with Crippen LogP contribution in [0.25, 0.3) is 0 Å². The number of ether oxygens (including phenoxy) is 4. The Kier molecular flexibility index (Phi) is 10.4. The molecule has 0 spiro atoms. The first-order valence-electron chi connectivity index (χ1n) is 11.8. The van der Waals surface area contributed by atoms with Gasteiger partial charge in [0.25, 0.3) is 5.56 Å². The van der Waals surface area contributed by atoms with Gasteiger partial charge >= 0.3 is 19.4 Å². The number of hydrogen-bond acceptors (Lipinski definition) is 10. The number of nitrogens with one attached hydrogen (secondary N) is 2. The summed E-state index contributed by atoms with van der Waals surface area (Å²) in [6, 6.07) is 7.62.